The quantitative estimate of drug-likeness (QED) is 0.551. The third-order valence-corrected chi connectivity index (χ3v) is 4.44. The fourth-order valence-corrected chi connectivity index (χ4v) is 2.96. The number of carbonyl (C=O) groups is 1. The average Bonchev–Trinajstić information content (AvgIpc) is 3.07. The van der Waals surface area contributed by atoms with Crippen molar-refractivity contribution in [1.82, 2.24) is 19.9 Å². The van der Waals surface area contributed by atoms with Gasteiger partial charge in [-0.2, -0.15) is 0 Å². The number of anilines is 2. The van der Waals surface area contributed by atoms with Gasteiger partial charge in [-0.05, 0) is 30.7 Å². The molecule has 4 rings (SSSR count). The maximum atomic E-state index is 12.1. The van der Waals surface area contributed by atoms with E-state index in [1.54, 1.807) is 0 Å². The Balaban J connectivity index is 0.000000211. The fourth-order valence-electron chi connectivity index (χ4n) is 2.96. The Hall–Kier alpha value is -3.43. The second kappa shape index (κ2) is 8.07. The molecule has 0 radical (unpaired) electrons. The molecule has 1 aliphatic rings. The Bertz CT molecular complexity index is 985. The van der Waals surface area contributed by atoms with Gasteiger partial charge in [0.2, 0.25) is 0 Å². The molecule has 1 aliphatic heterocycles. The van der Waals surface area contributed by atoms with E-state index in [2.05, 4.69) is 19.9 Å². The summed E-state index contributed by atoms with van der Waals surface area (Å²) in [5, 5.41) is 9.97. The average molecular weight is 390 g/mol. The lowest BCUT2D eigenvalue weighted by Crippen LogP contribution is -2.48. The van der Waals surface area contributed by atoms with Gasteiger partial charge in [0.05, 0.1) is 5.39 Å². The number of rotatable bonds is 1. The minimum Gasteiger partial charge on any atom is -0.465 e. The van der Waals surface area contributed by atoms with E-state index in [1.165, 1.54) is 17.3 Å². The third-order valence-electron chi connectivity index (χ3n) is 4.44. The number of aryl methyl sites for hydroxylation is 1. The van der Waals surface area contributed by atoms with Crippen LogP contribution in [-0.4, -0.2) is 57.2 Å². The van der Waals surface area contributed by atoms with Crippen molar-refractivity contribution in [2.75, 3.05) is 36.8 Å². The first-order valence-corrected chi connectivity index (χ1v) is 8.59. The topological polar surface area (TPSA) is 111 Å². The van der Waals surface area contributed by atoms with Crippen LogP contribution in [0.15, 0.2) is 30.7 Å². The summed E-state index contributed by atoms with van der Waals surface area (Å²) in [6.07, 6.45) is 2.60. The maximum Gasteiger partial charge on any atom is 0.407 e. The van der Waals surface area contributed by atoms with Gasteiger partial charge >= 0.3 is 6.09 Å². The summed E-state index contributed by atoms with van der Waals surface area (Å²) in [7, 11) is 0. The maximum absolute atomic E-state index is 12.1. The highest BCUT2D eigenvalue weighted by atomic mass is 19.2. The predicted octanol–water partition coefficient (Wildman–Crippen LogP) is 2.61. The number of nitrogens with two attached hydrogens (primary N) is 1. The first-order chi connectivity index (χ1) is 13.4. The fraction of sp³-hybridized carbons (Fsp3) is 0.278. The summed E-state index contributed by atoms with van der Waals surface area (Å²) in [6.45, 7) is 4.33. The normalized spacial score (nSPS) is 14.0. The Kier molecular flexibility index (Phi) is 5.57. The lowest BCUT2D eigenvalue weighted by molar-refractivity contribution is 0.142. The summed E-state index contributed by atoms with van der Waals surface area (Å²) in [4.78, 5) is 26.1. The summed E-state index contributed by atoms with van der Waals surface area (Å²) >= 11 is 0. The highest BCUT2D eigenvalue weighted by Gasteiger charge is 2.23. The molecule has 3 heterocycles. The molecule has 8 nitrogen and oxygen atoms in total. The number of halogens is 2. The summed E-state index contributed by atoms with van der Waals surface area (Å²) in [5.41, 5.74) is 7.28. The van der Waals surface area contributed by atoms with E-state index < -0.39 is 17.7 Å². The SMILES string of the molecule is Cc1c[nH]c2ncnc(N3CCN(C(=O)O)CC3)c12.Nc1ccc(F)c(F)c1. The number of piperazine rings is 1. The largest absolute Gasteiger partial charge is 0.465 e. The smallest absolute Gasteiger partial charge is 0.407 e. The lowest BCUT2D eigenvalue weighted by atomic mass is 10.2. The zero-order valence-corrected chi connectivity index (χ0v) is 15.2. The molecule has 1 fully saturated rings. The Morgan fingerprint density at radius 2 is 1.89 bits per heavy atom. The number of aromatic amines is 1. The molecule has 4 N–H and O–H groups in total. The highest BCUT2D eigenvalue weighted by molar-refractivity contribution is 5.90. The van der Waals surface area contributed by atoms with Crippen LogP contribution in [0.3, 0.4) is 0 Å². The number of amides is 1. The summed E-state index contributed by atoms with van der Waals surface area (Å²) in [5.74, 6) is -0.895. The van der Waals surface area contributed by atoms with Crippen molar-refractivity contribution in [1.29, 1.82) is 0 Å². The molecule has 28 heavy (non-hydrogen) atoms. The van der Waals surface area contributed by atoms with Crippen molar-refractivity contribution in [3.63, 3.8) is 0 Å². The molecule has 0 unspecified atom stereocenters. The van der Waals surface area contributed by atoms with Crippen LogP contribution in [-0.2, 0) is 0 Å². The minimum absolute atomic E-state index is 0.230. The molecule has 0 spiro atoms. The Morgan fingerprint density at radius 1 is 1.18 bits per heavy atom. The van der Waals surface area contributed by atoms with Crippen molar-refractivity contribution in [2.24, 2.45) is 0 Å². The monoisotopic (exact) mass is 390 g/mol. The Morgan fingerprint density at radius 3 is 2.50 bits per heavy atom. The van der Waals surface area contributed by atoms with Crippen molar-refractivity contribution in [3.8, 4) is 0 Å². The number of hydrogen-bond donors (Lipinski definition) is 3. The molecule has 1 amide bonds. The number of aromatic nitrogens is 3. The van der Waals surface area contributed by atoms with Crippen LogP contribution < -0.4 is 10.6 Å². The Labute approximate surface area is 159 Å². The number of H-pyrrole nitrogens is 1. The molecular weight excluding hydrogens is 370 g/mol. The molecule has 0 atom stereocenters. The van der Waals surface area contributed by atoms with Crippen molar-refractivity contribution in [3.05, 3.63) is 47.9 Å². The number of nitrogens with zero attached hydrogens (tertiary/aromatic N) is 4. The van der Waals surface area contributed by atoms with Gasteiger partial charge in [-0.3, -0.25) is 0 Å². The van der Waals surface area contributed by atoms with Crippen LogP contribution in [0.5, 0.6) is 0 Å². The minimum atomic E-state index is -0.907. The zero-order chi connectivity index (χ0) is 20.3. The van der Waals surface area contributed by atoms with Gasteiger partial charge in [0, 0.05) is 38.1 Å². The van der Waals surface area contributed by atoms with E-state index in [1.807, 2.05) is 13.1 Å². The van der Waals surface area contributed by atoms with E-state index in [-0.39, 0.29) is 5.69 Å². The molecular formula is C18H20F2N6O2. The molecule has 1 saturated heterocycles. The van der Waals surface area contributed by atoms with Crippen LogP contribution in [0.4, 0.5) is 25.1 Å². The van der Waals surface area contributed by atoms with Crippen LogP contribution in [0, 0.1) is 18.6 Å². The van der Waals surface area contributed by atoms with Crippen LogP contribution in [0.2, 0.25) is 0 Å². The van der Waals surface area contributed by atoms with E-state index in [9.17, 15) is 13.6 Å². The molecule has 0 bridgehead atoms. The van der Waals surface area contributed by atoms with E-state index >= 15 is 0 Å². The standard InChI is InChI=1S/C12H15N5O2.C6H5F2N/c1-8-6-13-10-9(8)11(15-7-14-10)16-2-4-17(5-3-16)12(18)19;7-5-2-1-4(9)3-6(5)8/h6-7H,2-5H2,1H3,(H,18,19)(H,13,14,15);1-3H,9H2. The first-order valence-electron chi connectivity index (χ1n) is 8.59. The zero-order valence-electron chi connectivity index (χ0n) is 15.2. The van der Waals surface area contributed by atoms with E-state index in [4.69, 9.17) is 10.8 Å². The predicted molar refractivity (Wildman–Crippen MR) is 101 cm³/mol. The number of nitrogens with one attached hydrogen (secondary N) is 1. The van der Waals surface area contributed by atoms with Gasteiger partial charge in [0.25, 0.3) is 0 Å². The number of benzene rings is 1. The number of fused-ring (bicyclic) bond motifs is 1. The van der Waals surface area contributed by atoms with Gasteiger partial charge in [0.1, 0.15) is 17.8 Å². The van der Waals surface area contributed by atoms with Gasteiger partial charge in [-0.15, -0.1) is 0 Å². The number of hydrogen-bond acceptors (Lipinski definition) is 5. The molecule has 2 aromatic heterocycles. The van der Waals surface area contributed by atoms with Gasteiger partial charge in [0.15, 0.2) is 11.6 Å². The number of nitrogen functional groups attached to an aromatic ring is 1. The van der Waals surface area contributed by atoms with Crippen LogP contribution >= 0.6 is 0 Å². The van der Waals surface area contributed by atoms with E-state index in [0.717, 1.165) is 34.5 Å². The lowest BCUT2D eigenvalue weighted by Gasteiger charge is -2.34. The first kappa shape index (κ1) is 19.3. The molecule has 10 heteroatoms. The van der Waals surface area contributed by atoms with Crippen molar-refractivity contribution in [2.45, 2.75) is 6.92 Å². The molecule has 3 aromatic rings. The third kappa shape index (κ3) is 4.11. The summed E-state index contributed by atoms with van der Waals surface area (Å²) in [6, 6.07) is 3.23. The van der Waals surface area contributed by atoms with Gasteiger partial charge in [-0.1, -0.05) is 0 Å². The van der Waals surface area contributed by atoms with Gasteiger partial charge < -0.3 is 25.6 Å². The highest BCUT2D eigenvalue weighted by Crippen LogP contribution is 2.26. The van der Waals surface area contributed by atoms with E-state index in [0.29, 0.717) is 26.2 Å². The second-order valence-electron chi connectivity index (χ2n) is 6.32. The molecule has 148 valence electrons. The van der Waals surface area contributed by atoms with Gasteiger partial charge in [-0.25, -0.2) is 23.5 Å². The van der Waals surface area contributed by atoms with Crippen LogP contribution in [0.25, 0.3) is 11.0 Å². The van der Waals surface area contributed by atoms with Crippen molar-refractivity contribution < 1.29 is 18.7 Å². The molecule has 1 aromatic carbocycles. The molecule has 0 aliphatic carbocycles. The van der Waals surface area contributed by atoms with Crippen molar-refractivity contribution >= 4 is 28.6 Å². The molecule has 0 saturated carbocycles. The van der Waals surface area contributed by atoms with Crippen LogP contribution in [0.1, 0.15) is 5.56 Å². The summed E-state index contributed by atoms with van der Waals surface area (Å²) < 4.78 is 24.2. The number of carboxylic acid groups (broad SMARTS) is 1. The second-order valence-corrected chi connectivity index (χ2v) is 6.32.